The van der Waals surface area contributed by atoms with Crippen molar-refractivity contribution in [1.29, 1.82) is 0 Å². The molecule has 0 amide bonds. The Morgan fingerprint density at radius 2 is 1.86 bits per heavy atom. The zero-order valence-corrected chi connectivity index (χ0v) is 22.3. The summed E-state index contributed by atoms with van der Waals surface area (Å²) in [5.74, 6) is 2.14. The molecular formula is C29H36N2O5S. The molecule has 0 radical (unpaired) electrons. The van der Waals surface area contributed by atoms with Crippen LogP contribution in [0.5, 0.6) is 11.5 Å². The van der Waals surface area contributed by atoms with Crippen LogP contribution in [0.15, 0.2) is 59.6 Å². The smallest absolute Gasteiger partial charge is 0.303 e. The second-order valence-electron chi connectivity index (χ2n) is 9.61. The number of aliphatic hydroxyl groups is 1. The molecular weight excluding hydrogens is 488 g/mol. The summed E-state index contributed by atoms with van der Waals surface area (Å²) >= 11 is 1.80. The molecule has 0 spiro atoms. The van der Waals surface area contributed by atoms with E-state index in [1.165, 1.54) is 4.90 Å². The topological polar surface area (TPSA) is 92.1 Å². The number of methoxy groups -OCH3 is 2. The van der Waals surface area contributed by atoms with Crippen molar-refractivity contribution < 1.29 is 24.5 Å². The number of benzene rings is 2. The number of pyridine rings is 1. The minimum atomic E-state index is -0.753. The van der Waals surface area contributed by atoms with Crippen LogP contribution in [0.2, 0.25) is 0 Å². The van der Waals surface area contributed by atoms with Gasteiger partial charge in [0.2, 0.25) is 0 Å². The van der Waals surface area contributed by atoms with E-state index in [9.17, 15) is 15.0 Å². The molecule has 3 atom stereocenters. The number of aliphatic carboxylic acids is 1. The number of aromatic nitrogens is 1. The summed E-state index contributed by atoms with van der Waals surface area (Å²) in [6.45, 7) is 2.66. The molecule has 1 unspecified atom stereocenters. The molecule has 0 bridgehead atoms. The third kappa shape index (κ3) is 7.37. The van der Waals surface area contributed by atoms with Gasteiger partial charge < -0.3 is 24.6 Å². The summed E-state index contributed by atoms with van der Waals surface area (Å²) in [4.78, 5) is 19.6. The van der Waals surface area contributed by atoms with Gasteiger partial charge in [-0.15, -0.1) is 11.8 Å². The number of hydrogen-bond donors (Lipinski definition) is 2. The van der Waals surface area contributed by atoms with Gasteiger partial charge in [0.1, 0.15) is 11.5 Å². The van der Waals surface area contributed by atoms with Crippen molar-refractivity contribution in [1.82, 2.24) is 9.88 Å². The number of aliphatic hydroxyl groups excluding tert-OH is 1. The largest absolute Gasteiger partial charge is 0.497 e. The van der Waals surface area contributed by atoms with Crippen LogP contribution in [0.4, 0.5) is 0 Å². The summed E-state index contributed by atoms with van der Waals surface area (Å²) < 4.78 is 10.6. The summed E-state index contributed by atoms with van der Waals surface area (Å²) in [6, 6.07) is 15.6. The number of piperidine rings is 1. The first-order chi connectivity index (χ1) is 18.0. The maximum atomic E-state index is 11.6. The fourth-order valence-corrected chi connectivity index (χ4v) is 6.16. The van der Waals surface area contributed by atoms with E-state index in [4.69, 9.17) is 9.47 Å². The minimum Gasteiger partial charge on any atom is -0.497 e. The molecule has 7 nitrogen and oxygen atoms in total. The number of thioether (sulfide) groups is 1. The standard InChI is InChI=1S/C29H36N2O5S/c1-35-22-4-7-24(8-5-22)37-16-15-31-14-12-20(21(19-31)17-29(33)34)3-10-28(32)25-11-13-30-27-9-6-23(36-2)18-26(25)27/h4-9,11,13,18,20-21,28,32H,3,10,12,14-17,19H2,1-2H3,(H,33,34)/t20-,21+,28?/m1/s1. The first-order valence-electron chi connectivity index (χ1n) is 12.8. The number of likely N-dealkylation sites (tertiary alicyclic amines) is 1. The van der Waals surface area contributed by atoms with Crippen LogP contribution in [0.25, 0.3) is 10.9 Å². The van der Waals surface area contributed by atoms with Gasteiger partial charge in [0.15, 0.2) is 0 Å². The van der Waals surface area contributed by atoms with Crippen molar-refractivity contribution >= 4 is 28.6 Å². The molecule has 2 heterocycles. The summed E-state index contributed by atoms with van der Waals surface area (Å²) in [7, 11) is 3.29. The average molecular weight is 525 g/mol. The fraction of sp³-hybridized carbons (Fsp3) is 0.448. The van der Waals surface area contributed by atoms with Gasteiger partial charge in [0.05, 0.1) is 25.8 Å². The van der Waals surface area contributed by atoms with Gasteiger partial charge in [-0.2, -0.15) is 0 Å². The number of carboxylic acids is 1. The Bertz CT molecular complexity index is 1170. The molecule has 198 valence electrons. The zero-order chi connectivity index (χ0) is 26.2. The molecule has 0 saturated carbocycles. The molecule has 1 aromatic heterocycles. The molecule has 2 N–H and O–H groups in total. The van der Waals surface area contributed by atoms with Crippen LogP contribution in [0, 0.1) is 11.8 Å². The highest BCUT2D eigenvalue weighted by atomic mass is 32.2. The van der Waals surface area contributed by atoms with Gasteiger partial charge >= 0.3 is 5.97 Å². The van der Waals surface area contributed by atoms with E-state index in [1.807, 2.05) is 36.4 Å². The van der Waals surface area contributed by atoms with Crippen molar-refractivity contribution in [2.45, 2.75) is 36.7 Å². The van der Waals surface area contributed by atoms with E-state index in [-0.39, 0.29) is 18.3 Å². The number of rotatable bonds is 12. The van der Waals surface area contributed by atoms with E-state index in [0.717, 1.165) is 66.2 Å². The van der Waals surface area contributed by atoms with Gasteiger partial charge in [-0.1, -0.05) is 0 Å². The van der Waals surface area contributed by atoms with Crippen molar-refractivity contribution in [3.05, 3.63) is 60.3 Å². The van der Waals surface area contributed by atoms with E-state index < -0.39 is 12.1 Å². The quantitative estimate of drug-likeness (QED) is 0.310. The second-order valence-corrected chi connectivity index (χ2v) is 10.8. The van der Waals surface area contributed by atoms with Crippen molar-refractivity contribution in [3.63, 3.8) is 0 Å². The number of ether oxygens (including phenoxy) is 2. The number of carbonyl (C=O) groups is 1. The Morgan fingerprint density at radius 1 is 1.11 bits per heavy atom. The van der Waals surface area contributed by atoms with E-state index in [1.54, 1.807) is 32.2 Å². The van der Waals surface area contributed by atoms with Crippen LogP contribution in [0.3, 0.4) is 0 Å². The first kappa shape index (κ1) is 27.2. The molecule has 4 rings (SSSR count). The highest BCUT2D eigenvalue weighted by molar-refractivity contribution is 7.99. The highest BCUT2D eigenvalue weighted by Crippen LogP contribution is 2.35. The summed E-state index contributed by atoms with van der Waals surface area (Å²) in [6.07, 6.45) is 3.58. The van der Waals surface area contributed by atoms with Crippen molar-refractivity contribution in [2.75, 3.05) is 39.6 Å². The molecule has 1 aliphatic rings. The lowest BCUT2D eigenvalue weighted by Gasteiger charge is -2.38. The van der Waals surface area contributed by atoms with Crippen LogP contribution in [0.1, 0.15) is 37.4 Å². The number of fused-ring (bicyclic) bond motifs is 1. The summed E-state index contributed by atoms with van der Waals surface area (Å²) in [5, 5.41) is 21.5. The Kier molecular flexibility index (Phi) is 9.66. The monoisotopic (exact) mass is 524 g/mol. The minimum absolute atomic E-state index is 0.0821. The van der Waals surface area contributed by atoms with Crippen LogP contribution in [-0.2, 0) is 4.79 Å². The average Bonchev–Trinajstić information content (AvgIpc) is 2.91. The lowest BCUT2D eigenvalue weighted by molar-refractivity contribution is -0.139. The van der Waals surface area contributed by atoms with E-state index in [0.29, 0.717) is 6.42 Å². The first-order valence-corrected chi connectivity index (χ1v) is 13.8. The molecule has 1 saturated heterocycles. The van der Waals surface area contributed by atoms with E-state index >= 15 is 0 Å². The molecule has 37 heavy (non-hydrogen) atoms. The predicted molar refractivity (Wildman–Crippen MR) is 146 cm³/mol. The van der Waals surface area contributed by atoms with Gasteiger partial charge in [-0.05, 0) is 91.7 Å². The molecule has 1 aliphatic heterocycles. The molecule has 2 aromatic carbocycles. The van der Waals surface area contributed by atoms with Crippen LogP contribution >= 0.6 is 11.8 Å². The van der Waals surface area contributed by atoms with Crippen molar-refractivity contribution in [3.8, 4) is 11.5 Å². The second kappa shape index (κ2) is 13.1. The maximum absolute atomic E-state index is 11.6. The fourth-order valence-electron chi connectivity index (χ4n) is 5.25. The van der Waals surface area contributed by atoms with Crippen LogP contribution in [-0.4, -0.2) is 65.7 Å². The van der Waals surface area contributed by atoms with Gasteiger partial charge in [0, 0.05) is 41.7 Å². The van der Waals surface area contributed by atoms with Gasteiger partial charge in [0.25, 0.3) is 0 Å². The summed E-state index contributed by atoms with van der Waals surface area (Å²) in [5.41, 5.74) is 1.66. The Hall–Kier alpha value is -2.81. The molecule has 8 heteroatoms. The third-order valence-corrected chi connectivity index (χ3v) is 8.29. The molecule has 1 fully saturated rings. The Labute approximate surface area is 222 Å². The Morgan fingerprint density at radius 3 is 2.59 bits per heavy atom. The maximum Gasteiger partial charge on any atom is 0.303 e. The van der Waals surface area contributed by atoms with Gasteiger partial charge in [-0.25, -0.2) is 0 Å². The number of nitrogens with zero attached hydrogens (tertiary/aromatic N) is 2. The van der Waals surface area contributed by atoms with Crippen molar-refractivity contribution in [2.24, 2.45) is 11.8 Å². The molecule has 3 aromatic rings. The lowest BCUT2D eigenvalue weighted by atomic mass is 9.79. The molecule has 0 aliphatic carbocycles. The Balaban J connectivity index is 1.33. The number of carboxylic acid groups (broad SMARTS) is 1. The van der Waals surface area contributed by atoms with Gasteiger partial charge in [-0.3, -0.25) is 9.78 Å². The lowest BCUT2D eigenvalue weighted by Crippen LogP contribution is -2.42. The van der Waals surface area contributed by atoms with Crippen LogP contribution < -0.4 is 9.47 Å². The number of hydrogen-bond acceptors (Lipinski definition) is 7. The SMILES string of the molecule is COc1ccc(SCCN2CC[C@@H](CCC(O)c3ccnc4ccc(OC)cc34)[C@@H](CC(=O)O)C2)cc1. The highest BCUT2D eigenvalue weighted by Gasteiger charge is 2.31. The zero-order valence-electron chi connectivity index (χ0n) is 21.5. The normalized spacial score (nSPS) is 19.0. The van der Waals surface area contributed by atoms with E-state index in [2.05, 4.69) is 22.0 Å². The third-order valence-electron chi connectivity index (χ3n) is 7.30. The predicted octanol–water partition coefficient (Wildman–Crippen LogP) is 5.27.